The minimum atomic E-state index is -4.55. The molecule has 1 fully saturated rings. The van der Waals surface area contributed by atoms with Crippen molar-refractivity contribution in [3.63, 3.8) is 0 Å². The van der Waals surface area contributed by atoms with Crippen LogP contribution in [0.5, 0.6) is 0 Å². The number of nitrogens with zero attached hydrogens (tertiary/aromatic N) is 5. The number of hydrogen-bond donors (Lipinski definition) is 0. The molecule has 0 aliphatic carbocycles. The lowest BCUT2D eigenvalue weighted by Crippen LogP contribution is -2.30. The molecule has 0 spiro atoms. The number of likely N-dealkylation sites (tertiary alicyclic amines) is 1. The van der Waals surface area contributed by atoms with Crippen LogP contribution in [0.25, 0.3) is 5.65 Å². The van der Waals surface area contributed by atoms with E-state index >= 15 is 0 Å². The van der Waals surface area contributed by atoms with Crippen LogP contribution in [0.3, 0.4) is 0 Å². The van der Waals surface area contributed by atoms with E-state index in [1.807, 2.05) is 0 Å². The molecule has 1 amide bonds. The van der Waals surface area contributed by atoms with Crippen LogP contribution in [0.1, 0.15) is 53.2 Å². The molecule has 0 radical (unpaired) electrons. The molecule has 1 aliphatic rings. The zero-order valence-corrected chi connectivity index (χ0v) is 15.1. The molecule has 3 aromatic rings. The summed E-state index contributed by atoms with van der Waals surface area (Å²) >= 11 is 0. The maximum atomic E-state index is 13.5. The van der Waals surface area contributed by atoms with Gasteiger partial charge in [0, 0.05) is 30.7 Å². The summed E-state index contributed by atoms with van der Waals surface area (Å²) < 4.78 is 41.3. The molecule has 28 heavy (non-hydrogen) atoms. The van der Waals surface area contributed by atoms with Crippen LogP contribution in [0.2, 0.25) is 0 Å². The molecule has 3 aromatic heterocycles. The first kappa shape index (κ1) is 18.4. The molecule has 0 saturated carbocycles. The number of amides is 1. The first-order valence-corrected chi connectivity index (χ1v) is 9.06. The number of aryl methyl sites for hydroxylation is 1. The summed E-state index contributed by atoms with van der Waals surface area (Å²) in [7, 11) is 0. The lowest BCUT2D eigenvalue weighted by molar-refractivity contribution is -0.142. The Morgan fingerprint density at radius 2 is 2.14 bits per heavy atom. The van der Waals surface area contributed by atoms with E-state index in [2.05, 4.69) is 15.1 Å². The number of pyridine rings is 1. The minimum Gasteiger partial charge on any atom is -0.330 e. The Morgan fingerprint density at radius 3 is 2.82 bits per heavy atom. The highest BCUT2D eigenvalue weighted by atomic mass is 19.4. The minimum absolute atomic E-state index is 0.141. The smallest absolute Gasteiger partial charge is 0.330 e. The maximum Gasteiger partial charge on any atom is 0.433 e. The Balaban J connectivity index is 1.75. The van der Waals surface area contributed by atoms with Gasteiger partial charge in [0.05, 0.1) is 17.3 Å². The van der Waals surface area contributed by atoms with Crippen LogP contribution in [0, 0.1) is 0 Å². The van der Waals surface area contributed by atoms with Crippen molar-refractivity contribution in [2.24, 2.45) is 0 Å². The monoisotopic (exact) mass is 389 g/mol. The molecule has 9 heteroatoms. The standard InChI is InChI=1S/C19H18F3N5O/c1-2-13-9-16(19(20,21)22)27-17(24-13)10-14(25-27)15-6-4-8-26(15)18(28)12-5-3-7-23-11-12/h3,5,7,9-11,15H,2,4,6,8H2,1H3/t15-/m1/s1. The summed E-state index contributed by atoms with van der Waals surface area (Å²) in [5.74, 6) is -0.203. The van der Waals surface area contributed by atoms with Crippen molar-refractivity contribution in [3.8, 4) is 0 Å². The van der Waals surface area contributed by atoms with Crippen molar-refractivity contribution in [1.29, 1.82) is 0 Å². The van der Waals surface area contributed by atoms with Crippen LogP contribution in [-0.2, 0) is 12.6 Å². The number of carbonyl (C=O) groups is 1. The van der Waals surface area contributed by atoms with Crippen molar-refractivity contribution in [3.05, 3.63) is 59.3 Å². The van der Waals surface area contributed by atoms with Gasteiger partial charge in [-0.2, -0.15) is 18.3 Å². The third-order valence-corrected chi connectivity index (χ3v) is 4.92. The van der Waals surface area contributed by atoms with E-state index < -0.39 is 11.9 Å². The van der Waals surface area contributed by atoms with Crippen LogP contribution < -0.4 is 0 Å². The lowest BCUT2D eigenvalue weighted by atomic mass is 10.1. The van der Waals surface area contributed by atoms with Crippen LogP contribution >= 0.6 is 0 Å². The number of carbonyl (C=O) groups excluding carboxylic acids is 1. The molecule has 4 heterocycles. The van der Waals surface area contributed by atoms with Gasteiger partial charge in [-0.3, -0.25) is 9.78 Å². The average Bonchev–Trinajstić information content (AvgIpc) is 3.32. The van der Waals surface area contributed by atoms with Crippen LogP contribution in [-0.4, -0.2) is 36.9 Å². The Hall–Kier alpha value is -2.97. The van der Waals surface area contributed by atoms with Crippen molar-refractivity contribution >= 4 is 11.6 Å². The molecule has 4 rings (SSSR count). The Kier molecular flexibility index (Phi) is 4.52. The molecule has 0 aromatic carbocycles. The van der Waals surface area contributed by atoms with E-state index in [1.54, 1.807) is 36.2 Å². The maximum absolute atomic E-state index is 13.5. The highest BCUT2D eigenvalue weighted by Crippen LogP contribution is 2.35. The number of fused-ring (bicyclic) bond motifs is 1. The summed E-state index contributed by atoms with van der Waals surface area (Å²) in [5.41, 5.74) is 0.494. The predicted octanol–water partition coefficient (Wildman–Crippen LogP) is 3.68. The van der Waals surface area contributed by atoms with Gasteiger partial charge in [-0.05, 0) is 37.5 Å². The molecule has 6 nitrogen and oxygen atoms in total. The van der Waals surface area contributed by atoms with Crippen LogP contribution in [0.4, 0.5) is 13.2 Å². The fourth-order valence-corrected chi connectivity index (χ4v) is 3.56. The first-order valence-electron chi connectivity index (χ1n) is 9.06. The van der Waals surface area contributed by atoms with Gasteiger partial charge in [0.15, 0.2) is 5.65 Å². The predicted molar refractivity (Wildman–Crippen MR) is 94.6 cm³/mol. The summed E-state index contributed by atoms with van der Waals surface area (Å²) in [4.78, 5) is 22.7. The molecule has 0 bridgehead atoms. The zero-order chi connectivity index (χ0) is 19.9. The van der Waals surface area contributed by atoms with E-state index in [4.69, 9.17) is 0 Å². The SMILES string of the molecule is CCc1cc(C(F)(F)F)n2nc([C@H]3CCCN3C(=O)c3cccnc3)cc2n1. The number of halogens is 3. The second-order valence-electron chi connectivity index (χ2n) is 6.72. The second kappa shape index (κ2) is 6.88. The van der Waals surface area contributed by atoms with Gasteiger partial charge in [0.2, 0.25) is 0 Å². The highest BCUT2D eigenvalue weighted by Gasteiger charge is 2.37. The molecule has 1 aliphatic heterocycles. The fourth-order valence-electron chi connectivity index (χ4n) is 3.56. The number of rotatable bonds is 3. The zero-order valence-electron chi connectivity index (χ0n) is 15.1. The molecule has 146 valence electrons. The van der Waals surface area contributed by atoms with Gasteiger partial charge in [0.1, 0.15) is 5.69 Å². The molecule has 0 N–H and O–H groups in total. The molecular formula is C19H18F3N5O. The Morgan fingerprint density at radius 1 is 1.32 bits per heavy atom. The summed E-state index contributed by atoms with van der Waals surface area (Å²) in [6, 6.07) is 5.53. The van der Waals surface area contributed by atoms with Gasteiger partial charge in [-0.15, -0.1) is 0 Å². The molecule has 1 atom stereocenters. The molecular weight excluding hydrogens is 371 g/mol. The third-order valence-electron chi connectivity index (χ3n) is 4.92. The fraction of sp³-hybridized carbons (Fsp3) is 0.368. The van der Waals surface area contributed by atoms with Gasteiger partial charge in [-0.1, -0.05) is 6.92 Å². The number of aromatic nitrogens is 4. The van der Waals surface area contributed by atoms with Gasteiger partial charge in [-0.25, -0.2) is 9.50 Å². The van der Waals surface area contributed by atoms with Crippen molar-refractivity contribution in [2.45, 2.75) is 38.4 Å². The van der Waals surface area contributed by atoms with Crippen LogP contribution in [0.15, 0.2) is 36.7 Å². The Labute approximate surface area is 159 Å². The summed E-state index contributed by atoms with van der Waals surface area (Å²) in [5, 5.41) is 4.19. The van der Waals surface area contributed by atoms with Crippen molar-refractivity contribution in [2.75, 3.05) is 6.54 Å². The third kappa shape index (κ3) is 3.21. The quantitative estimate of drug-likeness (QED) is 0.686. The highest BCUT2D eigenvalue weighted by molar-refractivity contribution is 5.94. The van der Waals surface area contributed by atoms with E-state index in [1.165, 1.54) is 6.20 Å². The van der Waals surface area contributed by atoms with Gasteiger partial charge in [0.25, 0.3) is 5.91 Å². The van der Waals surface area contributed by atoms with Gasteiger partial charge < -0.3 is 4.90 Å². The van der Waals surface area contributed by atoms with Gasteiger partial charge >= 0.3 is 6.18 Å². The lowest BCUT2D eigenvalue weighted by Gasteiger charge is -2.23. The topological polar surface area (TPSA) is 63.4 Å². The van der Waals surface area contributed by atoms with E-state index in [9.17, 15) is 18.0 Å². The Bertz CT molecular complexity index is 1020. The van der Waals surface area contributed by atoms with E-state index in [-0.39, 0.29) is 17.6 Å². The second-order valence-corrected chi connectivity index (χ2v) is 6.72. The normalized spacial score (nSPS) is 17.4. The average molecular weight is 389 g/mol. The summed E-state index contributed by atoms with van der Waals surface area (Å²) in [6.45, 7) is 2.27. The van der Waals surface area contributed by atoms with Crippen molar-refractivity contribution in [1.82, 2.24) is 24.5 Å². The number of alkyl halides is 3. The number of hydrogen-bond acceptors (Lipinski definition) is 4. The first-order chi connectivity index (χ1) is 13.4. The van der Waals surface area contributed by atoms with E-state index in [0.717, 1.165) is 17.0 Å². The van der Waals surface area contributed by atoms with E-state index in [0.29, 0.717) is 36.3 Å². The summed E-state index contributed by atoms with van der Waals surface area (Å²) in [6.07, 6.45) is 0.292. The molecule has 0 unspecified atom stereocenters. The molecule has 1 saturated heterocycles. The largest absolute Gasteiger partial charge is 0.433 e. The van der Waals surface area contributed by atoms with Crippen molar-refractivity contribution < 1.29 is 18.0 Å².